The van der Waals surface area contributed by atoms with Gasteiger partial charge < -0.3 is 10.2 Å². The number of carbonyl (C=O) groups is 2. The molecule has 0 aromatic heterocycles. The summed E-state index contributed by atoms with van der Waals surface area (Å²) in [5, 5.41) is 2.16. The van der Waals surface area contributed by atoms with Gasteiger partial charge >= 0.3 is 0 Å². The number of nitrogens with one attached hydrogen (secondary N) is 1. The molecule has 0 saturated carbocycles. The summed E-state index contributed by atoms with van der Waals surface area (Å²) in [6.07, 6.45) is 2.56. The second-order valence-electron chi connectivity index (χ2n) is 7.91. The van der Waals surface area contributed by atoms with E-state index in [1.165, 1.54) is 27.4 Å². The largest absolute Gasteiger partial charge is 0.330 e. The maximum absolute atomic E-state index is 13.8. The van der Waals surface area contributed by atoms with Crippen LogP contribution in [0.5, 0.6) is 0 Å². The Bertz CT molecular complexity index is 1130. The highest BCUT2D eigenvalue weighted by Crippen LogP contribution is 2.24. The number of benzene rings is 2. The Labute approximate surface area is 192 Å². The zero-order valence-electron chi connectivity index (χ0n) is 18.6. The Balaban J connectivity index is 1.80. The van der Waals surface area contributed by atoms with E-state index in [4.69, 9.17) is 0 Å². The minimum Gasteiger partial charge on any atom is -0.330 e. The van der Waals surface area contributed by atoms with Gasteiger partial charge in [0, 0.05) is 25.2 Å². The number of amides is 2. The molecule has 0 aliphatic carbocycles. The molecule has 1 fully saturated rings. The molecule has 0 atom stereocenters. The first-order valence-corrected chi connectivity index (χ1v) is 12.2. The van der Waals surface area contributed by atoms with E-state index in [1.54, 1.807) is 19.9 Å². The van der Waals surface area contributed by atoms with Crippen molar-refractivity contribution >= 4 is 27.5 Å². The molecule has 2 aromatic rings. The number of hydrogen-bond acceptors (Lipinski definition) is 4. The van der Waals surface area contributed by atoms with Crippen molar-refractivity contribution in [3.8, 4) is 0 Å². The van der Waals surface area contributed by atoms with Gasteiger partial charge in [-0.15, -0.1) is 0 Å². The summed E-state index contributed by atoms with van der Waals surface area (Å²) in [6, 6.07) is 7.57. The molecule has 1 saturated heterocycles. The molecular weight excluding hydrogens is 452 g/mol. The Kier molecular flexibility index (Phi) is 7.80. The average molecular weight is 480 g/mol. The normalized spacial score (nSPS) is 14.7. The van der Waals surface area contributed by atoms with Crippen LogP contribution in [0.25, 0.3) is 0 Å². The summed E-state index contributed by atoms with van der Waals surface area (Å²) in [6.45, 7) is 3.88. The zero-order valence-corrected chi connectivity index (χ0v) is 19.4. The number of hydrogen-bond donors (Lipinski definition) is 1. The van der Waals surface area contributed by atoms with Crippen molar-refractivity contribution in [3.05, 3.63) is 59.2 Å². The van der Waals surface area contributed by atoms with Crippen molar-refractivity contribution < 1.29 is 26.8 Å². The first kappa shape index (κ1) is 24.8. The first-order valence-electron chi connectivity index (χ1n) is 10.8. The van der Waals surface area contributed by atoms with Gasteiger partial charge in [-0.25, -0.2) is 17.2 Å². The smallest absolute Gasteiger partial charge is 0.254 e. The third kappa shape index (κ3) is 5.56. The lowest BCUT2D eigenvalue weighted by molar-refractivity contribution is -0.116. The van der Waals surface area contributed by atoms with Gasteiger partial charge in [0.1, 0.15) is 23.9 Å². The van der Waals surface area contributed by atoms with Crippen molar-refractivity contribution in [1.82, 2.24) is 9.21 Å². The van der Waals surface area contributed by atoms with E-state index in [-0.39, 0.29) is 17.0 Å². The molecule has 33 heavy (non-hydrogen) atoms. The summed E-state index contributed by atoms with van der Waals surface area (Å²) in [5.74, 6) is -3.17. The van der Waals surface area contributed by atoms with Gasteiger partial charge in [0.25, 0.3) is 5.91 Å². The van der Waals surface area contributed by atoms with Crippen molar-refractivity contribution in [1.29, 1.82) is 0 Å². The fourth-order valence-corrected chi connectivity index (χ4v) is 5.26. The number of carbonyl (C=O) groups excluding carboxylic acids is 2. The van der Waals surface area contributed by atoms with E-state index in [9.17, 15) is 26.8 Å². The number of aryl methyl sites for hydroxylation is 1. The standard InChI is InChI=1S/C23H27F2N3O4S/c1-3-27(15-21(29)26-22-19(24)8-7-9-20(22)25)23(30)18-14-17(11-10-16(18)2)33(31,32)28-12-5-4-6-13-28/h7-11,14H,3-6,12-13,15H2,1-2H3,(H,26,29). The van der Waals surface area contributed by atoms with Gasteiger partial charge in [0.2, 0.25) is 15.9 Å². The van der Waals surface area contributed by atoms with Gasteiger partial charge in [-0.3, -0.25) is 9.59 Å². The fourth-order valence-electron chi connectivity index (χ4n) is 3.71. The molecule has 178 valence electrons. The molecule has 0 unspecified atom stereocenters. The first-order chi connectivity index (χ1) is 15.6. The van der Waals surface area contributed by atoms with E-state index in [0.717, 1.165) is 31.4 Å². The minimum absolute atomic E-state index is 0.0206. The third-order valence-electron chi connectivity index (χ3n) is 5.62. The number of halogens is 2. The number of rotatable bonds is 7. The van der Waals surface area contributed by atoms with Crippen LogP contribution >= 0.6 is 0 Å². The summed E-state index contributed by atoms with van der Waals surface area (Å²) in [7, 11) is -3.74. The van der Waals surface area contributed by atoms with E-state index in [0.29, 0.717) is 18.7 Å². The molecular formula is C23H27F2N3O4S. The van der Waals surface area contributed by atoms with Crippen LogP contribution in [0.2, 0.25) is 0 Å². The molecule has 2 amide bonds. The maximum atomic E-state index is 13.8. The number of likely N-dealkylation sites (N-methyl/N-ethyl adjacent to an activating group) is 1. The number of nitrogens with zero attached hydrogens (tertiary/aromatic N) is 2. The van der Waals surface area contributed by atoms with Crippen LogP contribution in [0.1, 0.15) is 42.1 Å². The van der Waals surface area contributed by atoms with Gasteiger partial charge in [0.15, 0.2) is 0 Å². The van der Waals surface area contributed by atoms with Crippen LogP contribution in [-0.4, -0.2) is 55.6 Å². The van der Waals surface area contributed by atoms with Crippen LogP contribution in [-0.2, 0) is 14.8 Å². The van der Waals surface area contributed by atoms with Crippen LogP contribution in [0, 0.1) is 18.6 Å². The Morgan fingerprint density at radius 2 is 1.70 bits per heavy atom. The molecule has 10 heteroatoms. The third-order valence-corrected chi connectivity index (χ3v) is 7.52. The lowest BCUT2D eigenvalue weighted by atomic mass is 10.1. The highest BCUT2D eigenvalue weighted by atomic mass is 32.2. The highest BCUT2D eigenvalue weighted by molar-refractivity contribution is 7.89. The molecule has 1 aliphatic heterocycles. The number of anilines is 1. The van der Waals surface area contributed by atoms with E-state index in [2.05, 4.69) is 5.32 Å². The predicted molar refractivity (Wildman–Crippen MR) is 120 cm³/mol. The van der Waals surface area contributed by atoms with Crippen molar-refractivity contribution in [2.45, 2.75) is 38.0 Å². The van der Waals surface area contributed by atoms with Crippen LogP contribution in [0.15, 0.2) is 41.3 Å². The van der Waals surface area contributed by atoms with Gasteiger partial charge in [-0.1, -0.05) is 18.6 Å². The number of sulfonamides is 1. The van der Waals surface area contributed by atoms with Crippen molar-refractivity contribution in [2.24, 2.45) is 0 Å². The monoisotopic (exact) mass is 479 g/mol. The van der Waals surface area contributed by atoms with Gasteiger partial charge in [0.05, 0.1) is 4.90 Å². The molecule has 7 nitrogen and oxygen atoms in total. The van der Waals surface area contributed by atoms with Crippen LogP contribution < -0.4 is 5.32 Å². The molecule has 0 bridgehead atoms. The summed E-state index contributed by atoms with van der Waals surface area (Å²) < 4.78 is 55.1. The van der Waals surface area contributed by atoms with E-state index < -0.39 is 45.7 Å². The minimum atomic E-state index is -3.74. The highest BCUT2D eigenvalue weighted by Gasteiger charge is 2.28. The quantitative estimate of drug-likeness (QED) is 0.658. The number of para-hydroxylation sites is 1. The molecule has 0 spiro atoms. The maximum Gasteiger partial charge on any atom is 0.254 e. The van der Waals surface area contributed by atoms with E-state index in [1.807, 2.05) is 0 Å². The molecule has 2 aromatic carbocycles. The summed E-state index contributed by atoms with van der Waals surface area (Å²) >= 11 is 0. The lowest BCUT2D eigenvalue weighted by Crippen LogP contribution is -2.39. The SMILES string of the molecule is CCN(CC(=O)Nc1c(F)cccc1F)C(=O)c1cc(S(=O)(=O)N2CCCCC2)ccc1C. The van der Waals surface area contributed by atoms with Crippen molar-refractivity contribution in [3.63, 3.8) is 0 Å². The second-order valence-corrected chi connectivity index (χ2v) is 9.84. The van der Waals surface area contributed by atoms with Gasteiger partial charge in [-0.05, 0) is 56.5 Å². The zero-order chi connectivity index (χ0) is 24.2. The summed E-state index contributed by atoms with van der Waals surface area (Å²) in [5.41, 5.74) is 0.119. The predicted octanol–water partition coefficient (Wildman–Crippen LogP) is 3.55. The molecule has 1 aliphatic rings. The number of piperidine rings is 1. The topological polar surface area (TPSA) is 86.8 Å². The lowest BCUT2D eigenvalue weighted by Gasteiger charge is -2.26. The van der Waals surface area contributed by atoms with Crippen LogP contribution in [0.3, 0.4) is 0 Å². The van der Waals surface area contributed by atoms with E-state index >= 15 is 0 Å². The summed E-state index contributed by atoms with van der Waals surface area (Å²) in [4.78, 5) is 26.8. The Morgan fingerprint density at radius 1 is 1.06 bits per heavy atom. The van der Waals surface area contributed by atoms with Crippen molar-refractivity contribution in [2.75, 3.05) is 31.5 Å². The molecule has 1 N–H and O–H groups in total. The van der Waals surface area contributed by atoms with Gasteiger partial charge in [-0.2, -0.15) is 4.31 Å². The second kappa shape index (κ2) is 10.4. The molecule has 3 rings (SSSR count). The van der Waals surface area contributed by atoms with Crippen LogP contribution in [0.4, 0.5) is 14.5 Å². The molecule has 0 radical (unpaired) electrons. The molecule has 1 heterocycles. The Morgan fingerprint density at radius 3 is 2.30 bits per heavy atom. The average Bonchev–Trinajstić information content (AvgIpc) is 2.80. The Hall–Kier alpha value is -2.85. The fraction of sp³-hybridized carbons (Fsp3) is 0.391.